The molecule has 1 amide bonds. The van der Waals surface area contributed by atoms with E-state index in [0.717, 1.165) is 30.2 Å². The van der Waals surface area contributed by atoms with Crippen molar-refractivity contribution in [3.63, 3.8) is 0 Å². The number of thiazole rings is 1. The maximum atomic E-state index is 12.4. The minimum atomic E-state index is 0.0428. The van der Waals surface area contributed by atoms with Crippen LogP contribution in [-0.4, -0.2) is 28.4 Å². The van der Waals surface area contributed by atoms with E-state index in [1.54, 1.807) is 6.26 Å². The number of likely N-dealkylation sites (tertiary alicyclic amines) is 1. The molecule has 5 heteroatoms. The standard InChI is InChI=1S/C14H16N2O2S/c1-10-5-2-3-7-16(10)14(17)11-9-19-13(15-11)12-6-4-8-18-12/h4,6,8-10H,2-3,5,7H2,1H3. The SMILES string of the molecule is CC1CCCCN1C(=O)c1csc(-c2ccco2)n1. The first-order valence-electron chi connectivity index (χ1n) is 6.56. The van der Waals surface area contributed by atoms with Crippen molar-refractivity contribution >= 4 is 17.2 Å². The van der Waals surface area contributed by atoms with Crippen molar-refractivity contribution in [3.05, 3.63) is 29.5 Å². The second kappa shape index (κ2) is 5.17. The molecule has 0 bridgehead atoms. The van der Waals surface area contributed by atoms with Gasteiger partial charge in [-0.2, -0.15) is 0 Å². The molecule has 0 N–H and O–H groups in total. The lowest BCUT2D eigenvalue weighted by molar-refractivity contribution is 0.0630. The van der Waals surface area contributed by atoms with E-state index in [1.807, 2.05) is 22.4 Å². The monoisotopic (exact) mass is 276 g/mol. The van der Waals surface area contributed by atoms with Crippen LogP contribution in [0, 0.1) is 0 Å². The van der Waals surface area contributed by atoms with Crippen LogP contribution in [0.15, 0.2) is 28.2 Å². The highest BCUT2D eigenvalue weighted by atomic mass is 32.1. The molecule has 0 saturated carbocycles. The van der Waals surface area contributed by atoms with Gasteiger partial charge in [-0.05, 0) is 38.3 Å². The molecule has 1 aliphatic rings. The van der Waals surface area contributed by atoms with Crippen LogP contribution < -0.4 is 0 Å². The Hall–Kier alpha value is -1.62. The van der Waals surface area contributed by atoms with Crippen LogP contribution in [0.2, 0.25) is 0 Å². The molecule has 1 aliphatic heterocycles. The summed E-state index contributed by atoms with van der Waals surface area (Å²) in [5, 5.41) is 2.58. The van der Waals surface area contributed by atoms with Crippen LogP contribution in [0.1, 0.15) is 36.7 Å². The molecule has 19 heavy (non-hydrogen) atoms. The minimum absolute atomic E-state index is 0.0428. The summed E-state index contributed by atoms with van der Waals surface area (Å²) in [7, 11) is 0. The Labute approximate surface area is 116 Å². The van der Waals surface area contributed by atoms with Crippen LogP contribution in [0.4, 0.5) is 0 Å². The number of nitrogens with zero attached hydrogens (tertiary/aromatic N) is 2. The van der Waals surface area contributed by atoms with Crippen molar-refractivity contribution in [2.45, 2.75) is 32.2 Å². The topological polar surface area (TPSA) is 46.3 Å². The van der Waals surface area contributed by atoms with Crippen molar-refractivity contribution in [3.8, 4) is 10.8 Å². The Morgan fingerprint density at radius 1 is 1.53 bits per heavy atom. The third-order valence-corrected chi connectivity index (χ3v) is 4.38. The molecule has 2 aromatic heterocycles. The fourth-order valence-electron chi connectivity index (χ4n) is 2.43. The Bertz CT molecular complexity index is 562. The van der Waals surface area contributed by atoms with Gasteiger partial charge in [0, 0.05) is 18.0 Å². The van der Waals surface area contributed by atoms with Crippen LogP contribution >= 0.6 is 11.3 Å². The molecule has 1 saturated heterocycles. The van der Waals surface area contributed by atoms with Gasteiger partial charge in [0.15, 0.2) is 10.8 Å². The predicted molar refractivity (Wildman–Crippen MR) is 74.2 cm³/mol. The van der Waals surface area contributed by atoms with Crippen LogP contribution in [0.3, 0.4) is 0 Å². The first kappa shape index (κ1) is 12.4. The van der Waals surface area contributed by atoms with Gasteiger partial charge in [0.2, 0.25) is 0 Å². The molecule has 3 rings (SSSR count). The molecule has 3 heterocycles. The van der Waals surface area contributed by atoms with E-state index >= 15 is 0 Å². The summed E-state index contributed by atoms with van der Waals surface area (Å²) in [5.41, 5.74) is 0.533. The first-order valence-corrected chi connectivity index (χ1v) is 7.44. The summed E-state index contributed by atoms with van der Waals surface area (Å²) in [5.74, 6) is 0.761. The third-order valence-electron chi connectivity index (χ3n) is 3.52. The highest BCUT2D eigenvalue weighted by Gasteiger charge is 2.26. The molecule has 100 valence electrons. The minimum Gasteiger partial charge on any atom is -0.462 e. The average molecular weight is 276 g/mol. The fourth-order valence-corrected chi connectivity index (χ4v) is 3.19. The molecule has 0 radical (unpaired) electrons. The van der Waals surface area contributed by atoms with Crippen molar-refractivity contribution in [1.82, 2.24) is 9.88 Å². The maximum absolute atomic E-state index is 12.4. The van der Waals surface area contributed by atoms with Gasteiger partial charge in [0.05, 0.1) is 6.26 Å². The van der Waals surface area contributed by atoms with E-state index in [4.69, 9.17) is 4.42 Å². The Balaban J connectivity index is 1.80. The Morgan fingerprint density at radius 2 is 2.42 bits per heavy atom. The lowest BCUT2D eigenvalue weighted by Gasteiger charge is -2.32. The van der Waals surface area contributed by atoms with Gasteiger partial charge in [-0.15, -0.1) is 11.3 Å². The molecular formula is C14H16N2O2S. The molecule has 0 spiro atoms. The second-order valence-electron chi connectivity index (χ2n) is 4.86. The van der Waals surface area contributed by atoms with Crippen molar-refractivity contribution < 1.29 is 9.21 Å². The van der Waals surface area contributed by atoms with Gasteiger partial charge >= 0.3 is 0 Å². The average Bonchev–Trinajstić information content (AvgIpc) is 3.09. The van der Waals surface area contributed by atoms with E-state index in [1.165, 1.54) is 17.8 Å². The van der Waals surface area contributed by atoms with Crippen molar-refractivity contribution in [2.75, 3.05) is 6.54 Å². The first-order chi connectivity index (χ1) is 9.25. The lowest BCUT2D eigenvalue weighted by atomic mass is 10.0. The van der Waals surface area contributed by atoms with Crippen molar-refractivity contribution in [1.29, 1.82) is 0 Å². The molecule has 0 aliphatic carbocycles. The molecule has 1 atom stereocenters. The number of carbonyl (C=O) groups excluding carboxylic acids is 1. The molecular weight excluding hydrogens is 260 g/mol. The van der Waals surface area contributed by atoms with Crippen molar-refractivity contribution in [2.24, 2.45) is 0 Å². The smallest absolute Gasteiger partial charge is 0.273 e. The van der Waals surface area contributed by atoms with Gasteiger partial charge in [-0.3, -0.25) is 4.79 Å². The van der Waals surface area contributed by atoms with Crippen LogP contribution in [0.25, 0.3) is 10.8 Å². The van der Waals surface area contributed by atoms with Crippen LogP contribution in [0.5, 0.6) is 0 Å². The number of piperidine rings is 1. The normalized spacial score (nSPS) is 19.6. The summed E-state index contributed by atoms with van der Waals surface area (Å²) in [4.78, 5) is 18.8. The van der Waals surface area contributed by atoms with E-state index in [2.05, 4.69) is 11.9 Å². The maximum Gasteiger partial charge on any atom is 0.273 e. The lowest BCUT2D eigenvalue weighted by Crippen LogP contribution is -2.42. The van der Waals surface area contributed by atoms with E-state index in [-0.39, 0.29) is 5.91 Å². The zero-order chi connectivity index (χ0) is 13.2. The third kappa shape index (κ3) is 2.42. The number of carbonyl (C=O) groups is 1. The largest absolute Gasteiger partial charge is 0.462 e. The molecule has 2 aromatic rings. The van der Waals surface area contributed by atoms with Crippen LogP contribution in [-0.2, 0) is 0 Å². The molecule has 1 fully saturated rings. The predicted octanol–water partition coefficient (Wildman–Crippen LogP) is 3.42. The van der Waals surface area contributed by atoms with Gasteiger partial charge in [0.25, 0.3) is 5.91 Å². The number of hydrogen-bond donors (Lipinski definition) is 0. The number of hydrogen-bond acceptors (Lipinski definition) is 4. The zero-order valence-electron chi connectivity index (χ0n) is 10.8. The fraction of sp³-hybridized carbons (Fsp3) is 0.429. The number of furan rings is 1. The van der Waals surface area contributed by atoms with Gasteiger partial charge in [-0.25, -0.2) is 4.98 Å². The highest BCUT2D eigenvalue weighted by Crippen LogP contribution is 2.26. The van der Waals surface area contributed by atoms with Gasteiger partial charge in [-0.1, -0.05) is 0 Å². The summed E-state index contributed by atoms with van der Waals surface area (Å²) in [6.45, 7) is 2.95. The Morgan fingerprint density at radius 3 is 3.16 bits per heavy atom. The van der Waals surface area contributed by atoms with Gasteiger partial charge < -0.3 is 9.32 Å². The van der Waals surface area contributed by atoms with E-state index < -0.39 is 0 Å². The second-order valence-corrected chi connectivity index (χ2v) is 5.72. The quantitative estimate of drug-likeness (QED) is 0.844. The highest BCUT2D eigenvalue weighted by molar-refractivity contribution is 7.13. The number of aromatic nitrogens is 1. The summed E-state index contributed by atoms with van der Waals surface area (Å²) in [6.07, 6.45) is 5.00. The zero-order valence-corrected chi connectivity index (χ0v) is 11.7. The summed E-state index contributed by atoms with van der Waals surface area (Å²) < 4.78 is 5.30. The summed E-state index contributed by atoms with van der Waals surface area (Å²) >= 11 is 1.45. The molecule has 4 nitrogen and oxygen atoms in total. The molecule has 1 unspecified atom stereocenters. The summed E-state index contributed by atoms with van der Waals surface area (Å²) in [6, 6.07) is 4.00. The van der Waals surface area contributed by atoms with E-state index in [0.29, 0.717) is 11.7 Å². The number of rotatable bonds is 2. The number of amides is 1. The van der Waals surface area contributed by atoms with Gasteiger partial charge in [0.1, 0.15) is 5.69 Å². The molecule has 0 aromatic carbocycles. The van der Waals surface area contributed by atoms with E-state index in [9.17, 15) is 4.79 Å². The Kier molecular flexibility index (Phi) is 3.38.